The van der Waals surface area contributed by atoms with Crippen molar-refractivity contribution in [2.45, 2.75) is 6.18 Å². The molecule has 5 aromatic rings. The Morgan fingerprint density at radius 3 is 2.62 bits per heavy atom. The molecule has 3 heterocycles. The Hall–Kier alpha value is -4.32. The van der Waals surface area contributed by atoms with Gasteiger partial charge in [0.25, 0.3) is 5.91 Å². The van der Waals surface area contributed by atoms with Crippen LogP contribution >= 0.6 is 11.3 Å². The molecule has 0 radical (unpaired) electrons. The SMILES string of the molecule is O=C(NCCNc1nccc(-c2c(-c3ccc(F)cc3)nc3sccn23)n1)c1cccc(C(F)(F)F)c1. The van der Waals surface area contributed by atoms with E-state index in [2.05, 4.69) is 25.6 Å². The quantitative estimate of drug-likeness (QED) is 0.216. The summed E-state index contributed by atoms with van der Waals surface area (Å²) in [5, 5.41) is 7.48. The van der Waals surface area contributed by atoms with Gasteiger partial charge in [0, 0.05) is 42.0 Å². The average molecular weight is 527 g/mol. The molecule has 37 heavy (non-hydrogen) atoms. The van der Waals surface area contributed by atoms with E-state index in [1.165, 1.54) is 35.6 Å². The first-order chi connectivity index (χ1) is 17.8. The molecule has 0 aliphatic carbocycles. The van der Waals surface area contributed by atoms with Crippen LogP contribution in [-0.4, -0.2) is 38.3 Å². The fourth-order valence-corrected chi connectivity index (χ4v) is 4.42. The Morgan fingerprint density at radius 2 is 1.84 bits per heavy atom. The molecule has 0 aliphatic heterocycles. The van der Waals surface area contributed by atoms with Crippen molar-refractivity contribution < 1.29 is 22.4 Å². The number of amides is 1. The van der Waals surface area contributed by atoms with Crippen molar-refractivity contribution in [1.29, 1.82) is 0 Å². The van der Waals surface area contributed by atoms with Crippen LogP contribution in [0.4, 0.5) is 23.5 Å². The van der Waals surface area contributed by atoms with Crippen molar-refractivity contribution in [2.24, 2.45) is 0 Å². The van der Waals surface area contributed by atoms with E-state index < -0.39 is 17.6 Å². The summed E-state index contributed by atoms with van der Waals surface area (Å²) >= 11 is 1.45. The van der Waals surface area contributed by atoms with Crippen LogP contribution in [0.25, 0.3) is 27.6 Å². The van der Waals surface area contributed by atoms with Crippen molar-refractivity contribution in [3.8, 4) is 22.6 Å². The van der Waals surface area contributed by atoms with Crippen LogP contribution in [0.1, 0.15) is 15.9 Å². The van der Waals surface area contributed by atoms with Gasteiger partial charge < -0.3 is 10.6 Å². The van der Waals surface area contributed by atoms with Crippen molar-refractivity contribution in [2.75, 3.05) is 18.4 Å². The van der Waals surface area contributed by atoms with E-state index in [4.69, 9.17) is 0 Å². The molecule has 0 spiro atoms. The Labute approximate surface area is 211 Å². The minimum absolute atomic E-state index is 0.0816. The third-order valence-electron chi connectivity index (χ3n) is 5.42. The minimum atomic E-state index is -4.53. The number of nitrogens with zero attached hydrogens (tertiary/aromatic N) is 4. The average Bonchev–Trinajstić information content (AvgIpc) is 3.48. The Morgan fingerprint density at radius 1 is 1.03 bits per heavy atom. The summed E-state index contributed by atoms with van der Waals surface area (Å²) in [5.74, 6) is -0.674. The molecule has 0 saturated heterocycles. The highest BCUT2D eigenvalue weighted by atomic mass is 32.1. The lowest BCUT2D eigenvalue weighted by molar-refractivity contribution is -0.137. The maximum Gasteiger partial charge on any atom is 0.416 e. The molecular formula is C25H18F4N6OS. The van der Waals surface area contributed by atoms with Crippen LogP contribution in [0, 0.1) is 5.82 Å². The molecule has 0 aliphatic rings. The molecule has 188 valence electrons. The molecule has 7 nitrogen and oxygen atoms in total. The van der Waals surface area contributed by atoms with Gasteiger partial charge in [-0.05, 0) is 48.5 Å². The van der Waals surface area contributed by atoms with Gasteiger partial charge in [0.15, 0.2) is 4.96 Å². The molecule has 0 fully saturated rings. The highest BCUT2D eigenvalue weighted by molar-refractivity contribution is 7.15. The van der Waals surface area contributed by atoms with Gasteiger partial charge in [0.05, 0.1) is 17.0 Å². The number of aromatic nitrogens is 4. The number of thiazole rings is 1. The first kappa shape index (κ1) is 24.4. The summed E-state index contributed by atoms with van der Waals surface area (Å²) < 4.78 is 54.0. The second-order valence-electron chi connectivity index (χ2n) is 7.90. The maximum atomic E-state index is 13.5. The Balaban J connectivity index is 1.29. The molecule has 0 unspecified atom stereocenters. The zero-order valence-corrected chi connectivity index (χ0v) is 19.8. The standard InChI is InChI=1S/C25H18F4N6OS/c26-18-6-4-15(5-7-18)20-21(35-12-13-37-24(35)34-20)19-8-9-31-23(33-19)32-11-10-30-22(36)16-2-1-3-17(14-16)25(27,28)29/h1-9,12-14H,10-11H2,(H,30,36)(H,31,32,33). The number of carbonyl (C=O) groups is 1. The monoisotopic (exact) mass is 526 g/mol. The van der Waals surface area contributed by atoms with E-state index in [9.17, 15) is 22.4 Å². The Kier molecular flexibility index (Phi) is 6.57. The molecule has 3 aromatic heterocycles. The zero-order valence-electron chi connectivity index (χ0n) is 19.0. The van der Waals surface area contributed by atoms with Gasteiger partial charge in [0.2, 0.25) is 5.95 Å². The van der Waals surface area contributed by atoms with Gasteiger partial charge in [-0.2, -0.15) is 13.2 Å². The fourth-order valence-electron chi connectivity index (χ4n) is 3.70. The largest absolute Gasteiger partial charge is 0.416 e. The van der Waals surface area contributed by atoms with Gasteiger partial charge in [-0.25, -0.2) is 19.3 Å². The number of alkyl halides is 3. The number of carbonyl (C=O) groups excluding carboxylic acids is 1. The van der Waals surface area contributed by atoms with Crippen LogP contribution in [0.3, 0.4) is 0 Å². The van der Waals surface area contributed by atoms with Gasteiger partial charge in [0.1, 0.15) is 11.5 Å². The second-order valence-corrected chi connectivity index (χ2v) is 8.77. The lowest BCUT2D eigenvalue weighted by atomic mass is 10.1. The number of nitrogens with one attached hydrogen (secondary N) is 2. The number of hydrogen-bond acceptors (Lipinski definition) is 6. The fraction of sp³-hybridized carbons (Fsp3) is 0.120. The normalized spacial score (nSPS) is 11.6. The van der Waals surface area contributed by atoms with Crippen molar-refractivity contribution in [3.63, 3.8) is 0 Å². The first-order valence-electron chi connectivity index (χ1n) is 11.0. The maximum absolute atomic E-state index is 13.5. The Bertz CT molecular complexity index is 1560. The van der Waals surface area contributed by atoms with Crippen LogP contribution < -0.4 is 10.6 Å². The highest BCUT2D eigenvalue weighted by Gasteiger charge is 2.30. The number of anilines is 1. The number of hydrogen-bond donors (Lipinski definition) is 2. The third kappa shape index (κ3) is 5.28. The first-order valence-corrected chi connectivity index (χ1v) is 11.9. The van der Waals surface area contributed by atoms with Crippen LogP contribution in [0.15, 0.2) is 72.4 Å². The van der Waals surface area contributed by atoms with Gasteiger partial charge in [-0.15, -0.1) is 11.3 Å². The van der Waals surface area contributed by atoms with Gasteiger partial charge in [-0.3, -0.25) is 9.20 Å². The predicted octanol–water partition coefficient (Wildman–Crippen LogP) is 5.52. The van der Waals surface area contributed by atoms with Gasteiger partial charge >= 0.3 is 6.18 Å². The van der Waals surface area contributed by atoms with E-state index in [0.717, 1.165) is 22.7 Å². The molecule has 2 N–H and O–H groups in total. The summed E-state index contributed by atoms with van der Waals surface area (Å²) in [5.41, 5.74) is 1.70. The molecule has 2 aromatic carbocycles. The van der Waals surface area contributed by atoms with Crippen LogP contribution in [0.5, 0.6) is 0 Å². The van der Waals surface area contributed by atoms with E-state index in [1.54, 1.807) is 24.4 Å². The van der Waals surface area contributed by atoms with Crippen LogP contribution in [-0.2, 0) is 6.18 Å². The lowest BCUT2D eigenvalue weighted by Crippen LogP contribution is -2.29. The predicted molar refractivity (Wildman–Crippen MR) is 132 cm³/mol. The second kappa shape index (κ2) is 9.97. The number of fused-ring (bicyclic) bond motifs is 1. The van der Waals surface area contributed by atoms with Crippen molar-refractivity contribution >= 4 is 28.2 Å². The molecule has 0 saturated carbocycles. The summed E-state index contributed by atoms with van der Waals surface area (Å²) in [6.45, 7) is 0.365. The molecule has 1 amide bonds. The summed E-state index contributed by atoms with van der Waals surface area (Å²) in [6, 6.07) is 12.0. The molecule has 0 atom stereocenters. The number of imidazole rings is 1. The molecule has 12 heteroatoms. The molecule has 0 bridgehead atoms. The smallest absolute Gasteiger partial charge is 0.352 e. The number of benzene rings is 2. The highest BCUT2D eigenvalue weighted by Crippen LogP contribution is 2.33. The minimum Gasteiger partial charge on any atom is -0.352 e. The molecule has 5 rings (SSSR count). The third-order valence-corrected chi connectivity index (χ3v) is 6.18. The molecular weight excluding hydrogens is 508 g/mol. The summed E-state index contributed by atoms with van der Waals surface area (Å²) in [7, 11) is 0. The van der Waals surface area contributed by atoms with E-state index in [1.807, 2.05) is 16.0 Å². The lowest BCUT2D eigenvalue weighted by Gasteiger charge is -2.10. The van der Waals surface area contributed by atoms with Crippen molar-refractivity contribution in [3.05, 3.63) is 89.3 Å². The summed E-state index contributed by atoms with van der Waals surface area (Å²) in [4.78, 5) is 26.5. The zero-order chi connectivity index (χ0) is 26.0. The van der Waals surface area contributed by atoms with E-state index >= 15 is 0 Å². The van der Waals surface area contributed by atoms with Crippen molar-refractivity contribution in [1.82, 2.24) is 24.7 Å². The number of halogens is 4. The van der Waals surface area contributed by atoms with Gasteiger partial charge in [-0.1, -0.05) is 6.07 Å². The number of rotatable bonds is 7. The van der Waals surface area contributed by atoms with E-state index in [-0.39, 0.29) is 24.5 Å². The van der Waals surface area contributed by atoms with Crippen LogP contribution in [0.2, 0.25) is 0 Å². The van der Waals surface area contributed by atoms with E-state index in [0.29, 0.717) is 23.0 Å². The topological polar surface area (TPSA) is 84.2 Å². The summed E-state index contributed by atoms with van der Waals surface area (Å²) in [6.07, 6.45) is -1.08.